The van der Waals surface area contributed by atoms with Crippen LogP contribution in [-0.4, -0.2) is 54.7 Å². The van der Waals surface area contributed by atoms with Gasteiger partial charge in [0, 0.05) is 0 Å². The molecule has 1 aliphatic heterocycles. The Morgan fingerprint density at radius 2 is 2.29 bits per heavy atom. The molecule has 2 unspecified atom stereocenters. The van der Waals surface area contributed by atoms with Gasteiger partial charge in [-0.05, 0) is 0 Å². The lowest BCUT2D eigenvalue weighted by Crippen LogP contribution is -2.35. The van der Waals surface area contributed by atoms with Crippen LogP contribution >= 0.6 is 0 Å². The average molecular weight is 291 g/mol. The van der Waals surface area contributed by atoms with Crippen LogP contribution in [0.1, 0.15) is 6.23 Å². The summed E-state index contributed by atoms with van der Waals surface area (Å²) < 4.78 is 12.1. The van der Waals surface area contributed by atoms with E-state index in [0.29, 0.717) is 11.2 Å². The molecule has 4 atom stereocenters. The highest BCUT2D eigenvalue weighted by atomic mass is 16.6. The number of nitrogens with zero attached hydrogens (tertiary/aromatic N) is 4. The molecule has 9 nitrogen and oxygen atoms in total. The topological polar surface area (TPSA) is 129 Å². The Bertz CT molecular complexity index is 697. The van der Waals surface area contributed by atoms with Crippen LogP contribution < -0.4 is 5.73 Å². The zero-order valence-corrected chi connectivity index (χ0v) is 10.8. The van der Waals surface area contributed by atoms with E-state index in [1.165, 1.54) is 17.2 Å². The van der Waals surface area contributed by atoms with E-state index in [-0.39, 0.29) is 12.4 Å². The van der Waals surface area contributed by atoms with Gasteiger partial charge in [0.05, 0.1) is 12.9 Å². The number of rotatable bonds is 3. The van der Waals surface area contributed by atoms with Gasteiger partial charge in [0.1, 0.15) is 30.2 Å². The van der Waals surface area contributed by atoms with Crippen LogP contribution in [0, 0.1) is 12.5 Å². The van der Waals surface area contributed by atoms with Gasteiger partial charge in [-0.15, -0.1) is 0 Å². The lowest BCUT2D eigenvalue weighted by Gasteiger charge is -2.17. The molecule has 1 aliphatic rings. The fourth-order valence-corrected chi connectivity index (χ4v) is 2.38. The molecule has 0 aromatic carbocycles. The number of hydrogen-bond donors (Lipinski definition) is 3. The lowest BCUT2D eigenvalue weighted by molar-refractivity contribution is -0.0510. The predicted molar refractivity (Wildman–Crippen MR) is 70.4 cm³/mol. The molecule has 0 bridgehead atoms. The van der Waals surface area contributed by atoms with Gasteiger partial charge < -0.3 is 25.4 Å². The molecule has 0 amide bonds. The van der Waals surface area contributed by atoms with E-state index in [9.17, 15) is 10.2 Å². The van der Waals surface area contributed by atoms with E-state index in [0.717, 1.165) is 0 Å². The number of nitrogen functional groups attached to an aromatic ring is 1. The SMILES string of the molecule is C#COC1C(O)[C@H](n2cnc3c(N)ncnc32)O[C@@H]1CO. The maximum absolute atomic E-state index is 10.3. The first-order chi connectivity index (χ1) is 10.2. The van der Waals surface area contributed by atoms with Crippen molar-refractivity contribution in [1.82, 2.24) is 19.5 Å². The van der Waals surface area contributed by atoms with Crippen molar-refractivity contribution in [2.45, 2.75) is 24.5 Å². The van der Waals surface area contributed by atoms with Gasteiger partial charge in [0.25, 0.3) is 0 Å². The molecular weight excluding hydrogens is 278 g/mol. The minimum Gasteiger partial charge on any atom is -0.438 e. The molecule has 0 radical (unpaired) electrons. The van der Waals surface area contributed by atoms with Crippen molar-refractivity contribution >= 4 is 17.0 Å². The fraction of sp³-hybridized carbons (Fsp3) is 0.417. The number of ether oxygens (including phenoxy) is 2. The predicted octanol–water partition coefficient (Wildman–Crippen LogP) is -1.36. The largest absolute Gasteiger partial charge is 0.438 e. The van der Waals surface area contributed by atoms with Crippen LogP contribution in [0.2, 0.25) is 0 Å². The van der Waals surface area contributed by atoms with Gasteiger partial charge >= 0.3 is 0 Å². The third-order valence-electron chi connectivity index (χ3n) is 3.35. The number of anilines is 1. The fourth-order valence-electron chi connectivity index (χ4n) is 2.38. The normalized spacial score (nSPS) is 28.6. The lowest BCUT2D eigenvalue weighted by atomic mass is 10.1. The van der Waals surface area contributed by atoms with Gasteiger partial charge in [-0.1, -0.05) is 6.42 Å². The van der Waals surface area contributed by atoms with Gasteiger partial charge in [-0.25, -0.2) is 15.0 Å². The molecule has 0 spiro atoms. The monoisotopic (exact) mass is 291 g/mol. The standard InChI is InChI=1S/C12H13N5O4/c1-2-20-9-6(3-18)21-12(8(9)19)17-5-16-7-10(13)14-4-15-11(7)17/h1,4-6,8-9,12,18-19H,3H2,(H2,13,14,15)/t6-,8?,9?,12-/m1/s1. The number of aliphatic hydroxyl groups excluding tert-OH is 2. The van der Waals surface area contributed by atoms with E-state index >= 15 is 0 Å². The van der Waals surface area contributed by atoms with E-state index in [1.54, 1.807) is 0 Å². The second kappa shape index (κ2) is 5.17. The van der Waals surface area contributed by atoms with Crippen LogP contribution in [0.15, 0.2) is 12.7 Å². The molecular formula is C12H13N5O4. The van der Waals surface area contributed by atoms with Gasteiger partial charge in [0.15, 0.2) is 23.8 Å². The zero-order valence-electron chi connectivity index (χ0n) is 10.8. The third-order valence-corrected chi connectivity index (χ3v) is 3.35. The summed E-state index contributed by atoms with van der Waals surface area (Å²) in [7, 11) is 0. The highest BCUT2D eigenvalue weighted by Crippen LogP contribution is 2.33. The molecule has 3 rings (SSSR count). The summed E-state index contributed by atoms with van der Waals surface area (Å²) in [6.45, 7) is -0.344. The molecule has 1 saturated heterocycles. The minimum absolute atomic E-state index is 0.223. The molecule has 110 valence electrons. The molecule has 21 heavy (non-hydrogen) atoms. The highest BCUT2D eigenvalue weighted by molar-refractivity contribution is 5.81. The van der Waals surface area contributed by atoms with Crippen molar-refractivity contribution in [3.8, 4) is 12.5 Å². The van der Waals surface area contributed by atoms with Crippen LogP contribution in [0.25, 0.3) is 11.2 Å². The minimum atomic E-state index is -1.09. The van der Waals surface area contributed by atoms with Crippen LogP contribution in [0.3, 0.4) is 0 Å². The first-order valence-electron chi connectivity index (χ1n) is 6.16. The molecule has 3 heterocycles. The Kier molecular flexibility index (Phi) is 3.34. The second-order valence-corrected chi connectivity index (χ2v) is 4.52. The summed E-state index contributed by atoms with van der Waals surface area (Å²) in [5, 5.41) is 19.6. The van der Waals surface area contributed by atoms with Crippen molar-refractivity contribution in [3.63, 3.8) is 0 Å². The molecule has 1 fully saturated rings. The smallest absolute Gasteiger partial charge is 0.169 e. The van der Waals surface area contributed by atoms with Crippen LogP contribution in [0.5, 0.6) is 0 Å². The summed E-state index contributed by atoms with van der Waals surface area (Å²) in [6, 6.07) is 0. The van der Waals surface area contributed by atoms with Gasteiger partial charge in [0.2, 0.25) is 0 Å². The maximum atomic E-state index is 10.3. The van der Waals surface area contributed by atoms with E-state index < -0.39 is 24.5 Å². The Labute approximate surface area is 119 Å². The van der Waals surface area contributed by atoms with E-state index in [1.807, 2.05) is 6.11 Å². The number of imidazole rings is 1. The summed E-state index contributed by atoms with van der Waals surface area (Å²) in [5.74, 6) is 0.223. The first-order valence-corrected chi connectivity index (χ1v) is 6.16. The maximum Gasteiger partial charge on any atom is 0.169 e. The summed E-state index contributed by atoms with van der Waals surface area (Å²) in [6.07, 6.45) is 6.26. The number of aliphatic hydroxyl groups is 2. The van der Waals surface area contributed by atoms with Crippen molar-refractivity contribution in [2.75, 3.05) is 12.3 Å². The Balaban J connectivity index is 2.00. The van der Waals surface area contributed by atoms with Crippen molar-refractivity contribution in [1.29, 1.82) is 0 Å². The van der Waals surface area contributed by atoms with Gasteiger partial charge in [-0.3, -0.25) is 4.57 Å². The first kappa shape index (κ1) is 13.6. The van der Waals surface area contributed by atoms with Crippen molar-refractivity contribution < 1.29 is 19.7 Å². The number of fused-ring (bicyclic) bond motifs is 1. The van der Waals surface area contributed by atoms with Gasteiger partial charge in [-0.2, -0.15) is 0 Å². The third kappa shape index (κ3) is 2.06. The van der Waals surface area contributed by atoms with Crippen molar-refractivity contribution in [3.05, 3.63) is 12.7 Å². The number of aromatic nitrogens is 4. The van der Waals surface area contributed by atoms with E-state index in [2.05, 4.69) is 15.0 Å². The molecule has 0 saturated carbocycles. The van der Waals surface area contributed by atoms with Crippen LogP contribution in [0.4, 0.5) is 5.82 Å². The Morgan fingerprint density at radius 3 is 3.00 bits per heavy atom. The number of hydrogen-bond acceptors (Lipinski definition) is 8. The summed E-state index contributed by atoms with van der Waals surface area (Å²) in [4.78, 5) is 12.0. The van der Waals surface area contributed by atoms with Crippen molar-refractivity contribution in [2.24, 2.45) is 0 Å². The molecule has 4 N–H and O–H groups in total. The van der Waals surface area contributed by atoms with E-state index in [4.69, 9.17) is 21.6 Å². The number of nitrogens with two attached hydrogens (primary N) is 1. The zero-order chi connectivity index (χ0) is 15.0. The highest BCUT2D eigenvalue weighted by Gasteiger charge is 2.46. The molecule has 2 aromatic rings. The van der Waals surface area contributed by atoms with Crippen LogP contribution in [-0.2, 0) is 9.47 Å². The average Bonchev–Trinajstić information content (AvgIpc) is 3.03. The summed E-state index contributed by atoms with van der Waals surface area (Å²) >= 11 is 0. The Morgan fingerprint density at radius 1 is 1.48 bits per heavy atom. The second-order valence-electron chi connectivity index (χ2n) is 4.52. The number of terminal acetylenes is 1. The quantitative estimate of drug-likeness (QED) is 0.591. The Hall–Kier alpha value is -2.41. The summed E-state index contributed by atoms with van der Waals surface area (Å²) in [5.41, 5.74) is 6.52. The molecule has 9 heteroatoms. The molecule has 0 aliphatic carbocycles. The molecule has 2 aromatic heterocycles.